The number of sulfonamides is 1. The molecular weight excluding hydrogens is 535 g/mol. The molecule has 0 aromatic heterocycles. The van der Waals surface area contributed by atoms with Gasteiger partial charge >= 0.3 is 5.97 Å². The molecule has 1 fully saturated rings. The fourth-order valence-corrected chi connectivity index (χ4v) is 7.04. The summed E-state index contributed by atoms with van der Waals surface area (Å²) in [5, 5.41) is 0. The van der Waals surface area contributed by atoms with Crippen LogP contribution in [-0.4, -0.2) is 43.2 Å². The van der Waals surface area contributed by atoms with Gasteiger partial charge in [-0.15, -0.1) is 0 Å². The van der Waals surface area contributed by atoms with Gasteiger partial charge in [0.2, 0.25) is 15.9 Å². The molecule has 2 amide bonds. The summed E-state index contributed by atoms with van der Waals surface area (Å²) < 4.78 is 48.3. The molecule has 1 saturated heterocycles. The SMILES string of the molecule is CCOC(=O)c1ccc(N2C(=O)CC(N(Cc3ccc(F)cc3)S(=O)(=O)c3c(C)c(C)cc(C)c3C)C2=O)cc1. The van der Waals surface area contributed by atoms with E-state index in [0.717, 1.165) is 20.3 Å². The second kappa shape index (κ2) is 11.3. The molecule has 3 aromatic carbocycles. The molecule has 0 spiro atoms. The number of esters is 1. The summed E-state index contributed by atoms with van der Waals surface area (Å²) in [6.07, 6.45) is -0.373. The van der Waals surface area contributed by atoms with Gasteiger partial charge in [0.1, 0.15) is 11.9 Å². The minimum absolute atomic E-state index is 0.0876. The predicted octanol–water partition coefficient (Wildman–Crippen LogP) is 4.76. The molecule has 8 nitrogen and oxygen atoms in total. The van der Waals surface area contributed by atoms with Crippen LogP contribution in [0.25, 0.3) is 0 Å². The van der Waals surface area contributed by atoms with E-state index in [9.17, 15) is 27.2 Å². The quantitative estimate of drug-likeness (QED) is 0.288. The predicted molar refractivity (Wildman–Crippen MR) is 148 cm³/mol. The molecular formula is C30H31FN2O6S. The fourth-order valence-electron chi connectivity index (χ4n) is 4.89. The van der Waals surface area contributed by atoms with Crippen LogP contribution in [0.1, 0.15) is 51.5 Å². The highest BCUT2D eigenvalue weighted by Crippen LogP contribution is 2.34. The van der Waals surface area contributed by atoms with Gasteiger partial charge in [0.05, 0.1) is 29.2 Å². The van der Waals surface area contributed by atoms with Gasteiger partial charge in [0, 0.05) is 6.54 Å². The van der Waals surface area contributed by atoms with Crippen LogP contribution in [0.3, 0.4) is 0 Å². The van der Waals surface area contributed by atoms with E-state index >= 15 is 0 Å². The molecule has 210 valence electrons. The minimum atomic E-state index is -4.31. The van der Waals surface area contributed by atoms with Crippen molar-refractivity contribution >= 4 is 33.5 Å². The van der Waals surface area contributed by atoms with Crippen molar-refractivity contribution in [2.24, 2.45) is 0 Å². The van der Waals surface area contributed by atoms with Gasteiger partial charge in [-0.2, -0.15) is 4.31 Å². The highest BCUT2D eigenvalue weighted by Gasteiger charge is 2.47. The summed E-state index contributed by atoms with van der Waals surface area (Å²) >= 11 is 0. The van der Waals surface area contributed by atoms with Crippen molar-refractivity contribution in [3.63, 3.8) is 0 Å². The molecule has 0 saturated carbocycles. The van der Waals surface area contributed by atoms with Crippen molar-refractivity contribution in [2.75, 3.05) is 11.5 Å². The number of benzene rings is 3. The zero-order valence-electron chi connectivity index (χ0n) is 23.0. The standard InChI is InChI=1S/C30H31FN2O6S/c1-6-39-30(36)23-9-13-25(14-10-23)33-27(34)16-26(29(33)35)32(17-22-7-11-24(31)12-8-22)40(37,38)28-20(4)18(2)15-19(3)21(28)5/h7-15,26H,6,16-17H2,1-5H3. The molecule has 10 heteroatoms. The van der Waals surface area contributed by atoms with Crippen molar-refractivity contribution in [3.8, 4) is 0 Å². The van der Waals surface area contributed by atoms with Gasteiger partial charge in [-0.25, -0.2) is 22.5 Å². The van der Waals surface area contributed by atoms with Crippen LogP contribution >= 0.6 is 0 Å². The van der Waals surface area contributed by atoms with E-state index in [4.69, 9.17) is 4.74 Å². The van der Waals surface area contributed by atoms with Gasteiger partial charge in [-0.3, -0.25) is 9.59 Å². The largest absolute Gasteiger partial charge is 0.462 e. The van der Waals surface area contributed by atoms with Crippen LogP contribution in [0.2, 0.25) is 0 Å². The average molecular weight is 567 g/mol. The van der Waals surface area contributed by atoms with Crippen LogP contribution in [0.5, 0.6) is 0 Å². The van der Waals surface area contributed by atoms with E-state index in [1.54, 1.807) is 20.8 Å². The monoisotopic (exact) mass is 566 g/mol. The summed E-state index contributed by atoms with van der Waals surface area (Å²) in [6, 6.07) is 11.7. The Balaban J connectivity index is 1.78. The number of hydrogen-bond acceptors (Lipinski definition) is 6. The number of halogens is 1. The molecule has 3 aromatic rings. The Morgan fingerprint density at radius 3 is 2.10 bits per heavy atom. The van der Waals surface area contributed by atoms with E-state index in [-0.39, 0.29) is 35.7 Å². The summed E-state index contributed by atoms with van der Waals surface area (Å²) in [5.41, 5.74) is 3.58. The van der Waals surface area contributed by atoms with Gasteiger partial charge in [0.15, 0.2) is 0 Å². The average Bonchev–Trinajstić information content (AvgIpc) is 3.20. The number of nitrogens with zero attached hydrogens (tertiary/aromatic N) is 2. The normalized spacial score (nSPS) is 15.7. The summed E-state index contributed by atoms with van der Waals surface area (Å²) in [4.78, 5) is 40.0. The Labute approximate surface area is 233 Å². The molecule has 1 unspecified atom stereocenters. The summed E-state index contributed by atoms with van der Waals surface area (Å²) in [7, 11) is -4.31. The lowest BCUT2D eigenvalue weighted by Crippen LogP contribution is -2.45. The number of carbonyl (C=O) groups is 3. The lowest BCUT2D eigenvalue weighted by molar-refractivity contribution is -0.122. The van der Waals surface area contributed by atoms with Crippen LogP contribution in [0.15, 0.2) is 59.5 Å². The minimum Gasteiger partial charge on any atom is -0.462 e. The van der Waals surface area contributed by atoms with Gasteiger partial charge < -0.3 is 4.74 Å². The molecule has 0 N–H and O–H groups in total. The molecule has 40 heavy (non-hydrogen) atoms. The second-order valence-corrected chi connectivity index (χ2v) is 11.6. The first-order valence-corrected chi connectivity index (χ1v) is 14.3. The fraction of sp³-hybridized carbons (Fsp3) is 0.300. The molecule has 0 bridgehead atoms. The van der Waals surface area contributed by atoms with Crippen molar-refractivity contribution < 1.29 is 31.9 Å². The van der Waals surface area contributed by atoms with Crippen LogP contribution < -0.4 is 4.90 Å². The van der Waals surface area contributed by atoms with Crippen LogP contribution in [0, 0.1) is 33.5 Å². The van der Waals surface area contributed by atoms with Gasteiger partial charge in [0.25, 0.3) is 5.91 Å². The Bertz CT molecular complexity index is 1560. The maximum absolute atomic E-state index is 14.3. The number of rotatable bonds is 8. The second-order valence-electron chi connectivity index (χ2n) is 9.82. The van der Waals surface area contributed by atoms with Crippen LogP contribution in [-0.2, 0) is 30.9 Å². The number of aryl methyl sites for hydroxylation is 2. The lowest BCUT2D eigenvalue weighted by Gasteiger charge is -2.29. The van der Waals surface area contributed by atoms with Crippen molar-refractivity contribution in [1.29, 1.82) is 0 Å². The molecule has 1 heterocycles. The molecule has 0 aliphatic carbocycles. The zero-order chi connectivity index (χ0) is 29.4. The molecule has 1 atom stereocenters. The third-order valence-corrected chi connectivity index (χ3v) is 9.35. The van der Waals surface area contributed by atoms with E-state index in [1.165, 1.54) is 48.5 Å². The van der Waals surface area contributed by atoms with Crippen molar-refractivity contribution in [2.45, 2.75) is 58.5 Å². The van der Waals surface area contributed by atoms with E-state index < -0.39 is 39.7 Å². The maximum Gasteiger partial charge on any atom is 0.338 e. The molecule has 0 radical (unpaired) electrons. The Hall–Kier alpha value is -3.89. The van der Waals surface area contributed by atoms with Crippen molar-refractivity contribution in [3.05, 3.63) is 93.8 Å². The third-order valence-electron chi connectivity index (χ3n) is 7.22. The first-order chi connectivity index (χ1) is 18.9. The van der Waals surface area contributed by atoms with Crippen molar-refractivity contribution in [1.82, 2.24) is 4.31 Å². The van der Waals surface area contributed by atoms with E-state index in [0.29, 0.717) is 16.7 Å². The highest BCUT2D eigenvalue weighted by atomic mass is 32.2. The third kappa shape index (κ3) is 5.41. The lowest BCUT2D eigenvalue weighted by atomic mass is 10.0. The number of ether oxygens (including phenoxy) is 1. The first-order valence-electron chi connectivity index (χ1n) is 12.8. The first kappa shape index (κ1) is 29.1. The maximum atomic E-state index is 14.3. The number of carbonyl (C=O) groups excluding carboxylic acids is 3. The number of amides is 2. The highest BCUT2D eigenvalue weighted by molar-refractivity contribution is 7.89. The van der Waals surface area contributed by atoms with Gasteiger partial charge in [-0.1, -0.05) is 18.2 Å². The molecule has 1 aliphatic rings. The van der Waals surface area contributed by atoms with E-state index in [2.05, 4.69) is 0 Å². The Kier molecular flexibility index (Phi) is 8.23. The summed E-state index contributed by atoms with van der Waals surface area (Å²) in [5.74, 6) is -2.31. The smallest absolute Gasteiger partial charge is 0.338 e. The molecule has 1 aliphatic heterocycles. The number of imide groups is 1. The van der Waals surface area contributed by atoms with Gasteiger partial charge in [-0.05, 0) is 98.8 Å². The summed E-state index contributed by atoms with van der Waals surface area (Å²) in [6.45, 7) is 8.69. The van der Waals surface area contributed by atoms with E-state index in [1.807, 2.05) is 19.9 Å². The number of hydrogen-bond donors (Lipinski definition) is 0. The number of anilines is 1. The zero-order valence-corrected chi connectivity index (χ0v) is 23.8. The van der Waals surface area contributed by atoms with Crippen LogP contribution in [0.4, 0.5) is 10.1 Å². The Morgan fingerprint density at radius 1 is 0.975 bits per heavy atom. The topological polar surface area (TPSA) is 101 Å². The molecule has 4 rings (SSSR count). The Morgan fingerprint density at radius 2 is 1.55 bits per heavy atom.